The molecule has 0 aromatic carbocycles. The SMILES string of the molecule is CC1=CC(C)C2(CCCCC2=O)CC1. The Labute approximate surface area is 86.6 Å². The van der Waals surface area contributed by atoms with Crippen molar-refractivity contribution in [3.05, 3.63) is 11.6 Å². The fourth-order valence-electron chi connectivity index (χ4n) is 3.18. The molecule has 2 atom stereocenters. The van der Waals surface area contributed by atoms with Crippen LogP contribution in [0.15, 0.2) is 11.6 Å². The summed E-state index contributed by atoms with van der Waals surface area (Å²) in [5.41, 5.74) is 1.51. The van der Waals surface area contributed by atoms with Crippen LogP contribution in [0, 0.1) is 11.3 Å². The van der Waals surface area contributed by atoms with Crippen LogP contribution in [0.3, 0.4) is 0 Å². The molecule has 0 N–H and O–H groups in total. The average molecular weight is 192 g/mol. The van der Waals surface area contributed by atoms with Gasteiger partial charge in [-0.1, -0.05) is 25.0 Å². The summed E-state index contributed by atoms with van der Waals surface area (Å²) in [5.74, 6) is 1.02. The molecule has 0 heterocycles. The van der Waals surface area contributed by atoms with Gasteiger partial charge in [0.1, 0.15) is 5.78 Å². The Kier molecular flexibility index (Phi) is 2.50. The normalized spacial score (nSPS) is 38.6. The summed E-state index contributed by atoms with van der Waals surface area (Å²) >= 11 is 0. The van der Waals surface area contributed by atoms with E-state index in [-0.39, 0.29) is 5.41 Å². The number of hydrogen-bond donors (Lipinski definition) is 0. The monoisotopic (exact) mass is 192 g/mol. The minimum absolute atomic E-state index is 0.0394. The molecule has 0 aliphatic heterocycles. The van der Waals surface area contributed by atoms with Crippen molar-refractivity contribution in [2.24, 2.45) is 11.3 Å². The first-order chi connectivity index (χ1) is 6.65. The van der Waals surface area contributed by atoms with E-state index in [1.165, 1.54) is 12.0 Å². The molecule has 14 heavy (non-hydrogen) atoms. The van der Waals surface area contributed by atoms with E-state index in [4.69, 9.17) is 0 Å². The second-order valence-corrected chi connectivity index (χ2v) is 5.09. The van der Waals surface area contributed by atoms with Crippen molar-refractivity contribution in [3.63, 3.8) is 0 Å². The van der Waals surface area contributed by atoms with Gasteiger partial charge in [-0.25, -0.2) is 0 Å². The molecule has 78 valence electrons. The molecule has 0 bridgehead atoms. The zero-order valence-corrected chi connectivity index (χ0v) is 9.31. The molecule has 1 saturated carbocycles. The van der Waals surface area contributed by atoms with Gasteiger partial charge in [0.25, 0.3) is 0 Å². The molecule has 2 aliphatic carbocycles. The Morgan fingerprint density at radius 2 is 2.07 bits per heavy atom. The van der Waals surface area contributed by atoms with Gasteiger partial charge in [-0.15, -0.1) is 0 Å². The minimum atomic E-state index is 0.0394. The van der Waals surface area contributed by atoms with Crippen LogP contribution in [0.5, 0.6) is 0 Å². The van der Waals surface area contributed by atoms with Crippen LogP contribution in [-0.2, 0) is 4.79 Å². The van der Waals surface area contributed by atoms with Crippen molar-refractivity contribution in [1.82, 2.24) is 0 Å². The largest absolute Gasteiger partial charge is 0.299 e. The lowest BCUT2D eigenvalue weighted by molar-refractivity contribution is -0.134. The van der Waals surface area contributed by atoms with Crippen molar-refractivity contribution in [2.75, 3.05) is 0 Å². The molecule has 0 amide bonds. The van der Waals surface area contributed by atoms with Gasteiger partial charge < -0.3 is 0 Å². The molecule has 0 radical (unpaired) electrons. The maximum Gasteiger partial charge on any atom is 0.139 e. The predicted molar refractivity (Wildman–Crippen MR) is 58.1 cm³/mol. The van der Waals surface area contributed by atoms with Crippen molar-refractivity contribution < 1.29 is 4.79 Å². The van der Waals surface area contributed by atoms with Crippen molar-refractivity contribution in [1.29, 1.82) is 0 Å². The van der Waals surface area contributed by atoms with E-state index in [9.17, 15) is 4.79 Å². The van der Waals surface area contributed by atoms with E-state index in [1.807, 2.05) is 0 Å². The fourth-order valence-corrected chi connectivity index (χ4v) is 3.18. The first kappa shape index (κ1) is 9.95. The highest BCUT2D eigenvalue weighted by molar-refractivity contribution is 5.86. The Balaban J connectivity index is 2.26. The maximum atomic E-state index is 12.1. The highest BCUT2D eigenvalue weighted by Crippen LogP contribution is 2.47. The standard InChI is InChI=1S/C13H20O/c1-10-6-8-13(11(2)9-10)7-4-3-5-12(13)14/h9,11H,3-8H2,1-2H3. The van der Waals surface area contributed by atoms with Gasteiger partial charge >= 0.3 is 0 Å². The maximum absolute atomic E-state index is 12.1. The molecular weight excluding hydrogens is 172 g/mol. The van der Waals surface area contributed by atoms with Gasteiger partial charge in [-0.3, -0.25) is 4.79 Å². The molecule has 1 heteroatoms. The van der Waals surface area contributed by atoms with Crippen LogP contribution in [-0.4, -0.2) is 5.78 Å². The lowest BCUT2D eigenvalue weighted by Gasteiger charge is -2.42. The van der Waals surface area contributed by atoms with Gasteiger partial charge in [0.2, 0.25) is 0 Å². The van der Waals surface area contributed by atoms with Gasteiger partial charge in [0, 0.05) is 11.8 Å². The lowest BCUT2D eigenvalue weighted by atomic mass is 9.60. The second kappa shape index (κ2) is 3.52. The fraction of sp³-hybridized carbons (Fsp3) is 0.769. The van der Waals surface area contributed by atoms with Crippen LogP contribution < -0.4 is 0 Å². The average Bonchev–Trinajstić information content (AvgIpc) is 2.15. The zero-order valence-electron chi connectivity index (χ0n) is 9.31. The van der Waals surface area contributed by atoms with Crippen LogP contribution in [0.2, 0.25) is 0 Å². The van der Waals surface area contributed by atoms with Crippen LogP contribution in [0.25, 0.3) is 0 Å². The predicted octanol–water partition coefficient (Wildman–Crippen LogP) is 3.49. The molecule has 2 aliphatic rings. The molecule has 1 nitrogen and oxygen atoms in total. The molecule has 1 spiro atoms. The first-order valence-corrected chi connectivity index (χ1v) is 5.86. The smallest absolute Gasteiger partial charge is 0.139 e. The van der Waals surface area contributed by atoms with Crippen LogP contribution in [0.1, 0.15) is 52.4 Å². The summed E-state index contributed by atoms with van der Waals surface area (Å²) in [5, 5.41) is 0. The van der Waals surface area contributed by atoms with Crippen LogP contribution in [0.4, 0.5) is 0 Å². The van der Waals surface area contributed by atoms with Crippen molar-refractivity contribution >= 4 is 5.78 Å². The van der Waals surface area contributed by atoms with Gasteiger partial charge in [0.05, 0.1) is 0 Å². The number of allylic oxidation sites excluding steroid dienone is 2. The van der Waals surface area contributed by atoms with Gasteiger partial charge in [0.15, 0.2) is 0 Å². The first-order valence-electron chi connectivity index (χ1n) is 5.86. The number of carbonyl (C=O) groups excluding carboxylic acids is 1. The Morgan fingerprint density at radius 3 is 2.71 bits per heavy atom. The number of rotatable bonds is 0. The van der Waals surface area contributed by atoms with Crippen LogP contribution >= 0.6 is 0 Å². The summed E-state index contributed by atoms with van der Waals surface area (Å²) in [4.78, 5) is 12.1. The Morgan fingerprint density at radius 1 is 1.29 bits per heavy atom. The van der Waals surface area contributed by atoms with E-state index < -0.39 is 0 Å². The Hall–Kier alpha value is -0.590. The van der Waals surface area contributed by atoms with E-state index in [0.717, 1.165) is 32.1 Å². The molecule has 0 saturated heterocycles. The molecule has 1 fully saturated rings. The van der Waals surface area contributed by atoms with E-state index in [1.54, 1.807) is 0 Å². The highest BCUT2D eigenvalue weighted by Gasteiger charge is 2.44. The quantitative estimate of drug-likeness (QED) is 0.537. The summed E-state index contributed by atoms with van der Waals surface area (Å²) in [6, 6.07) is 0. The highest BCUT2D eigenvalue weighted by atomic mass is 16.1. The number of Topliss-reactive ketones (excluding diaryl/α,β-unsaturated/α-hetero) is 1. The van der Waals surface area contributed by atoms with E-state index in [0.29, 0.717) is 11.7 Å². The van der Waals surface area contributed by atoms with E-state index in [2.05, 4.69) is 19.9 Å². The Bertz CT molecular complexity index is 277. The third-order valence-corrected chi connectivity index (χ3v) is 4.20. The van der Waals surface area contributed by atoms with Crippen molar-refractivity contribution in [3.8, 4) is 0 Å². The van der Waals surface area contributed by atoms with Gasteiger partial charge in [-0.05, 0) is 38.5 Å². The second-order valence-electron chi connectivity index (χ2n) is 5.09. The third-order valence-electron chi connectivity index (χ3n) is 4.20. The summed E-state index contributed by atoms with van der Waals surface area (Å²) in [6.45, 7) is 4.42. The molecular formula is C13H20O. The minimum Gasteiger partial charge on any atom is -0.299 e. The number of carbonyl (C=O) groups is 1. The molecule has 0 aromatic rings. The lowest BCUT2D eigenvalue weighted by Crippen LogP contribution is -2.41. The summed E-state index contributed by atoms with van der Waals surface area (Å²) < 4.78 is 0. The summed E-state index contributed by atoms with van der Waals surface area (Å²) in [6.07, 6.45) is 8.91. The van der Waals surface area contributed by atoms with Crippen molar-refractivity contribution in [2.45, 2.75) is 52.4 Å². The molecule has 2 rings (SSSR count). The number of hydrogen-bond acceptors (Lipinski definition) is 1. The summed E-state index contributed by atoms with van der Waals surface area (Å²) in [7, 11) is 0. The van der Waals surface area contributed by atoms with Gasteiger partial charge in [-0.2, -0.15) is 0 Å². The number of ketones is 1. The third kappa shape index (κ3) is 1.43. The molecule has 2 unspecified atom stereocenters. The molecule has 0 aromatic heterocycles. The zero-order chi connectivity index (χ0) is 10.2. The topological polar surface area (TPSA) is 17.1 Å². The van der Waals surface area contributed by atoms with E-state index >= 15 is 0 Å².